The number of aliphatic hydroxyl groups is 1. The molecule has 5 heteroatoms. The van der Waals surface area contributed by atoms with Crippen LogP contribution in [0.5, 0.6) is 0 Å². The minimum Gasteiger partial charge on any atom is -0.467 e. The lowest BCUT2D eigenvalue weighted by Gasteiger charge is -2.12. The summed E-state index contributed by atoms with van der Waals surface area (Å²) < 4.78 is 5.07. The van der Waals surface area contributed by atoms with E-state index in [1.54, 1.807) is 12.1 Å². The summed E-state index contributed by atoms with van der Waals surface area (Å²) in [5.41, 5.74) is 3.14. The van der Waals surface area contributed by atoms with Crippen LogP contribution >= 0.6 is 0 Å². The molecule has 1 aromatic carbocycles. The van der Waals surface area contributed by atoms with E-state index in [4.69, 9.17) is 4.42 Å². The fraction of sp³-hybridized carbons (Fsp3) is 0.312. The van der Waals surface area contributed by atoms with Crippen LogP contribution in [0.4, 0.5) is 10.5 Å². The van der Waals surface area contributed by atoms with Crippen molar-refractivity contribution in [3.8, 4) is 0 Å². The Bertz CT molecular complexity index is 594. The largest absolute Gasteiger partial charge is 0.467 e. The maximum Gasteiger partial charge on any atom is 0.319 e. The molecule has 1 unspecified atom stereocenters. The first-order valence-corrected chi connectivity index (χ1v) is 6.96. The van der Waals surface area contributed by atoms with Gasteiger partial charge in [0, 0.05) is 5.69 Å². The van der Waals surface area contributed by atoms with E-state index in [0.717, 1.165) is 12.1 Å². The third-order valence-electron chi connectivity index (χ3n) is 3.32. The van der Waals surface area contributed by atoms with Gasteiger partial charge >= 0.3 is 6.03 Å². The van der Waals surface area contributed by atoms with Gasteiger partial charge < -0.3 is 20.2 Å². The van der Waals surface area contributed by atoms with Gasteiger partial charge in [-0.1, -0.05) is 13.0 Å². The summed E-state index contributed by atoms with van der Waals surface area (Å²) in [5, 5.41) is 15.2. The number of benzene rings is 1. The van der Waals surface area contributed by atoms with Crippen molar-refractivity contribution >= 4 is 11.7 Å². The fourth-order valence-electron chi connectivity index (χ4n) is 2.08. The molecule has 1 heterocycles. The molecule has 112 valence electrons. The molecule has 0 saturated carbocycles. The predicted octanol–water partition coefficient (Wildman–Crippen LogP) is 3.01. The molecule has 2 rings (SSSR count). The SMILES string of the molecule is CCc1cc(NC(=O)NCC(O)c2ccco2)ccc1C. The highest BCUT2D eigenvalue weighted by molar-refractivity contribution is 5.89. The Balaban J connectivity index is 1.87. The van der Waals surface area contributed by atoms with Gasteiger partial charge in [-0.3, -0.25) is 0 Å². The molecule has 3 N–H and O–H groups in total. The lowest BCUT2D eigenvalue weighted by atomic mass is 10.1. The van der Waals surface area contributed by atoms with Gasteiger partial charge in [-0.2, -0.15) is 0 Å². The summed E-state index contributed by atoms with van der Waals surface area (Å²) in [4.78, 5) is 11.8. The molecule has 5 nitrogen and oxygen atoms in total. The zero-order chi connectivity index (χ0) is 15.2. The first-order valence-electron chi connectivity index (χ1n) is 6.96. The first-order chi connectivity index (χ1) is 10.1. The second-order valence-corrected chi connectivity index (χ2v) is 4.86. The van der Waals surface area contributed by atoms with Crippen LogP contribution < -0.4 is 10.6 Å². The van der Waals surface area contributed by atoms with Crippen LogP contribution in [0.15, 0.2) is 41.0 Å². The molecule has 0 fully saturated rings. The molecule has 1 aromatic heterocycles. The van der Waals surface area contributed by atoms with Gasteiger partial charge in [-0.15, -0.1) is 0 Å². The highest BCUT2D eigenvalue weighted by Crippen LogP contribution is 2.16. The molecule has 1 atom stereocenters. The van der Waals surface area contributed by atoms with E-state index < -0.39 is 6.10 Å². The van der Waals surface area contributed by atoms with Crippen molar-refractivity contribution in [3.05, 3.63) is 53.5 Å². The highest BCUT2D eigenvalue weighted by Gasteiger charge is 2.12. The van der Waals surface area contributed by atoms with E-state index in [2.05, 4.69) is 17.6 Å². The number of hydrogen-bond donors (Lipinski definition) is 3. The van der Waals surface area contributed by atoms with Gasteiger partial charge in [0.15, 0.2) is 0 Å². The van der Waals surface area contributed by atoms with E-state index in [0.29, 0.717) is 5.76 Å². The van der Waals surface area contributed by atoms with Crippen LogP contribution in [0.3, 0.4) is 0 Å². The molecule has 0 aliphatic rings. The fourth-order valence-corrected chi connectivity index (χ4v) is 2.08. The summed E-state index contributed by atoms with van der Waals surface area (Å²) in [6, 6.07) is 8.79. The molecular weight excluding hydrogens is 268 g/mol. The molecule has 2 amide bonds. The molecule has 0 radical (unpaired) electrons. The predicted molar refractivity (Wildman–Crippen MR) is 81.2 cm³/mol. The third-order valence-corrected chi connectivity index (χ3v) is 3.32. The van der Waals surface area contributed by atoms with Gasteiger partial charge in [0.1, 0.15) is 11.9 Å². The Morgan fingerprint density at radius 3 is 2.86 bits per heavy atom. The number of amides is 2. The number of aryl methyl sites for hydroxylation is 2. The van der Waals surface area contributed by atoms with E-state index in [9.17, 15) is 9.90 Å². The first kappa shape index (κ1) is 15.1. The van der Waals surface area contributed by atoms with Crippen molar-refractivity contribution in [2.24, 2.45) is 0 Å². The van der Waals surface area contributed by atoms with Crippen LogP contribution in [0.1, 0.15) is 29.9 Å². The van der Waals surface area contributed by atoms with Crippen molar-refractivity contribution in [3.63, 3.8) is 0 Å². The van der Waals surface area contributed by atoms with Crippen molar-refractivity contribution < 1.29 is 14.3 Å². The van der Waals surface area contributed by atoms with Crippen molar-refractivity contribution in [2.45, 2.75) is 26.4 Å². The normalized spacial score (nSPS) is 12.0. The van der Waals surface area contributed by atoms with Crippen LogP contribution in [-0.2, 0) is 6.42 Å². The molecule has 0 saturated heterocycles. The van der Waals surface area contributed by atoms with Gasteiger partial charge in [-0.25, -0.2) is 4.79 Å². The van der Waals surface area contributed by atoms with Gasteiger partial charge in [0.2, 0.25) is 0 Å². The second-order valence-electron chi connectivity index (χ2n) is 4.86. The van der Waals surface area contributed by atoms with Crippen LogP contribution in [0.2, 0.25) is 0 Å². The number of carbonyl (C=O) groups is 1. The monoisotopic (exact) mass is 288 g/mol. The van der Waals surface area contributed by atoms with Gasteiger partial charge in [0.05, 0.1) is 12.8 Å². The standard InChI is InChI=1S/C16H20N2O3/c1-3-12-9-13(7-6-11(12)2)18-16(20)17-10-14(19)15-5-4-8-21-15/h4-9,14,19H,3,10H2,1-2H3,(H2,17,18,20). The van der Waals surface area contributed by atoms with Crippen molar-refractivity contribution in [1.29, 1.82) is 0 Å². The number of hydrogen-bond acceptors (Lipinski definition) is 3. The zero-order valence-corrected chi connectivity index (χ0v) is 12.2. The molecule has 21 heavy (non-hydrogen) atoms. The molecule has 2 aromatic rings. The average molecular weight is 288 g/mol. The summed E-state index contributed by atoms with van der Waals surface area (Å²) in [7, 11) is 0. The van der Waals surface area contributed by atoms with Crippen LogP contribution in [-0.4, -0.2) is 17.7 Å². The zero-order valence-electron chi connectivity index (χ0n) is 12.2. The van der Waals surface area contributed by atoms with Gasteiger partial charge in [-0.05, 0) is 48.7 Å². The smallest absolute Gasteiger partial charge is 0.319 e. The van der Waals surface area contributed by atoms with Crippen molar-refractivity contribution in [2.75, 3.05) is 11.9 Å². The van der Waals surface area contributed by atoms with Crippen molar-refractivity contribution in [1.82, 2.24) is 5.32 Å². The maximum atomic E-state index is 11.8. The quantitative estimate of drug-likeness (QED) is 0.791. The number of urea groups is 1. The van der Waals surface area contributed by atoms with E-state index in [1.807, 2.05) is 25.1 Å². The number of rotatable bonds is 5. The van der Waals surface area contributed by atoms with E-state index >= 15 is 0 Å². The van der Waals surface area contributed by atoms with Gasteiger partial charge in [0.25, 0.3) is 0 Å². The number of anilines is 1. The van der Waals surface area contributed by atoms with E-state index in [-0.39, 0.29) is 12.6 Å². The third kappa shape index (κ3) is 4.10. The van der Waals surface area contributed by atoms with Crippen LogP contribution in [0, 0.1) is 6.92 Å². The Morgan fingerprint density at radius 2 is 2.19 bits per heavy atom. The lowest BCUT2D eigenvalue weighted by molar-refractivity contribution is 0.149. The average Bonchev–Trinajstić information content (AvgIpc) is 3.01. The number of nitrogens with one attached hydrogen (secondary N) is 2. The molecule has 0 aliphatic heterocycles. The molecule has 0 bridgehead atoms. The Morgan fingerprint density at radius 1 is 1.38 bits per heavy atom. The Labute approximate surface area is 124 Å². The summed E-state index contributed by atoms with van der Waals surface area (Å²) in [6.45, 7) is 4.21. The highest BCUT2D eigenvalue weighted by atomic mass is 16.4. The Kier molecular flexibility index (Phi) is 5.00. The summed E-state index contributed by atoms with van der Waals surface area (Å²) >= 11 is 0. The minimum atomic E-state index is -0.852. The number of furan rings is 1. The Hall–Kier alpha value is -2.27. The lowest BCUT2D eigenvalue weighted by Crippen LogP contribution is -2.32. The van der Waals surface area contributed by atoms with Crippen LogP contribution in [0.25, 0.3) is 0 Å². The topological polar surface area (TPSA) is 74.5 Å². The molecule has 0 aliphatic carbocycles. The van der Waals surface area contributed by atoms with E-state index in [1.165, 1.54) is 17.4 Å². The maximum absolute atomic E-state index is 11.8. The molecule has 0 spiro atoms. The summed E-state index contributed by atoms with van der Waals surface area (Å²) in [6.07, 6.45) is 1.55. The minimum absolute atomic E-state index is 0.0891. The molecular formula is C16H20N2O3. The number of carbonyl (C=O) groups excluding carboxylic acids is 1. The summed E-state index contributed by atoms with van der Waals surface area (Å²) in [5.74, 6) is 0.430. The second kappa shape index (κ2) is 6.95. The number of aliphatic hydroxyl groups excluding tert-OH is 1.